The van der Waals surface area contributed by atoms with Gasteiger partial charge in [-0.15, -0.1) is 0 Å². The van der Waals surface area contributed by atoms with Gasteiger partial charge in [0.25, 0.3) is 5.91 Å². The smallest absolute Gasteiger partial charge is 0.338 e. The second-order valence-electron chi connectivity index (χ2n) is 5.36. The summed E-state index contributed by atoms with van der Waals surface area (Å²) in [5.41, 5.74) is 0.755. The Kier molecular flexibility index (Phi) is 6.89. The van der Waals surface area contributed by atoms with Gasteiger partial charge in [-0.25, -0.2) is 4.79 Å². The number of ether oxygens (including phenoxy) is 2. The monoisotopic (exact) mass is 307 g/mol. The van der Waals surface area contributed by atoms with Crippen LogP contribution in [0.2, 0.25) is 0 Å². The van der Waals surface area contributed by atoms with Crippen LogP contribution in [0.4, 0.5) is 0 Å². The van der Waals surface area contributed by atoms with Crippen molar-refractivity contribution in [2.45, 2.75) is 40.2 Å². The van der Waals surface area contributed by atoms with E-state index in [9.17, 15) is 9.59 Å². The van der Waals surface area contributed by atoms with Crippen molar-refractivity contribution in [3.8, 4) is 5.75 Å². The minimum Gasteiger partial charge on any atom is -0.491 e. The highest BCUT2D eigenvalue weighted by Crippen LogP contribution is 2.20. The van der Waals surface area contributed by atoms with Gasteiger partial charge in [0, 0.05) is 19.2 Å². The fourth-order valence-corrected chi connectivity index (χ4v) is 2.05. The average Bonchev–Trinajstić information content (AvgIpc) is 2.45. The quantitative estimate of drug-likeness (QED) is 0.726. The summed E-state index contributed by atoms with van der Waals surface area (Å²) in [6.45, 7) is 8.47. The van der Waals surface area contributed by atoms with Crippen molar-refractivity contribution in [2.24, 2.45) is 0 Å². The number of hydrogen-bond donors (Lipinski definition) is 0. The lowest BCUT2D eigenvalue weighted by molar-refractivity contribution is 0.0525. The molecule has 0 N–H and O–H groups in total. The minimum atomic E-state index is -0.455. The minimum absolute atomic E-state index is 0.0474. The van der Waals surface area contributed by atoms with Gasteiger partial charge in [-0.1, -0.05) is 6.92 Å². The maximum atomic E-state index is 12.4. The maximum Gasteiger partial charge on any atom is 0.338 e. The lowest BCUT2D eigenvalue weighted by Crippen LogP contribution is -2.27. The number of esters is 1. The average molecular weight is 307 g/mol. The van der Waals surface area contributed by atoms with Gasteiger partial charge in [-0.3, -0.25) is 4.79 Å². The summed E-state index contributed by atoms with van der Waals surface area (Å²) in [6, 6.07) is 4.82. The molecular formula is C17H25NO4. The van der Waals surface area contributed by atoms with Crippen LogP contribution in [0, 0.1) is 0 Å². The van der Waals surface area contributed by atoms with Gasteiger partial charge in [0.05, 0.1) is 18.3 Å². The number of amides is 1. The summed E-state index contributed by atoms with van der Waals surface area (Å²) >= 11 is 0. The summed E-state index contributed by atoms with van der Waals surface area (Å²) < 4.78 is 10.6. The number of hydrogen-bond acceptors (Lipinski definition) is 4. The Morgan fingerprint density at radius 3 is 2.32 bits per heavy atom. The Labute approximate surface area is 132 Å². The van der Waals surface area contributed by atoms with Crippen LogP contribution in [-0.2, 0) is 4.74 Å². The first kappa shape index (κ1) is 18.0. The summed E-state index contributed by atoms with van der Waals surface area (Å²) in [7, 11) is 1.74. The van der Waals surface area contributed by atoms with Crippen LogP contribution in [0.15, 0.2) is 18.2 Å². The molecule has 1 aromatic rings. The normalized spacial score (nSPS) is 10.5. The molecule has 22 heavy (non-hydrogen) atoms. The molecule has 5 nitrogen and oxygen atoms in total. The molecule has 1 aromatic carbocycles. The zero-order valence-corrected chi connectivity index (χ0v) is 14.0. The first-order valence-corrected chi connectivity index (χ1v) is 7.63. The van der Waals surface area contributed by atoms with Crippen molar-refractivity contribution in [3.63, 3.8) is 0 Å². The van der Waals surface area contributed by atoms with Crippen molar-refractivity contribution < 1.29 is 19.1 Å². The van der Waals surface area contributed by atoms with Crippen LogP contribution < -0.4 is 4.74 Å². The number of carbonyl (C=O) groups excluding carboxylic acids is 2. The molecule has 0 spiro atoms. The second kappa shape index (κ2) is 8.41. The highest BCUT2D eigenvalue weighted by molar-refractivity contribution is 5.98. The Morgan fingerprint density at radius 1 is 1.14 bits per heavy atom. The van der Waals surface area contributed by atoms with Gasteiger partial charge in [0.1, 0.15) is 5.75 Å². The molecular weight excluding hydrogens is 282 g/mol. The SMILES string of the molecule is CCCN(C)C(=O)c1cc(OC(C)C)cc(C(=O)OCC)c1. The molecule has 0 atom stereocenters. The summed E-state index contributed by atoms with van der Waals surface area (Å²) in [5.74, 6) is -0.0979. The van der Waals surface area contributed by atoms with Gasteiger partial charge < -0.3 is 14.4 Å². The van der Waals surface area contributed by atoms with E-state index >= 15 is 0 Å². The molecule has 1 amide bonds. The van der Waals surface area contributed by atoms with E-state index in [4.69, 9.17) is 9.47 Å². The molecule has 0 aliphatic heterocycles. The molecule has 1 rings (SSSR count). The zero-order chi connectivity index (χ0) is 16.7. The summed E-state index contributed by atoms with van der Waals surface area (Å²) in [6.07, 6.45) is 0.823. The molecule has 5 heteroatoms. The molecule has 0 fully saturated rings. The standard InChI is InChI=1S/C17H25NO4/c1-6-8-18(5)16(19)13-9-14(17(20)21-7-2)11-15(10-13)22-12(3)4/h9-12H,6-8H2,1-5H3. The largest absolute Gasteiger partial charge is 0.491 e. The third-order valence-corrected chi connectivity index (χ3v) is 2.94. The first-order valence-electron chi connectivity index (χ1n) is 7.63. The van der Waals surface area contributed by atoms with E-state index in [-0.39, 0.29) is 18.6 Å². The van der Waals surface area contributed by atoms with Crippen LogP contribution in [0.3, 0.4) is 0 Å². The fraction of sp³-hybridized carbons (Fsp3) is 0.529. The lowest BCUT2D eigenvalue weighted by atomic mass is 10.1. The maximum absolute atomic E-state index is 12.4. The van der Waals surface area contributed by atoms with Crippen LogP contribution in [-0.4, -0.2) is 43.1 Å². The van der Waals surface area contributed by atoms with Crippen molar-refractivity contribution in [3.05, 3.63) is 29.3 Å². The molecule has 0 radical (unpaired) electrons. The van der Waals surface area contributed by atoms with Crippen molar-refractivity contribution >= 4 is 11.9 Å². The van der Waals surface area contributed by atoms with Gasteiger partial charge in [-0.2, -0.15) is 0 Å². The highest BCUT2D eigenvalue weighted by atomic mass is 16.5. The molecule has 0 heterocycles. The van der Waals surface area contributed by atoms with Crippen LogP contribution in [0.25, 0.3) is 0 Å². The number of nitrogens with zero attached hydrogens (tertiary/aromatic N) is 1. The molecule has 0 saturated heterocycles. The predicted molar refractivity (Wildman–Crippen MR) is 85.4 cm³/mol. The van der Waals surface area contributed by atoms with Gasteiger partial charge >= 0.3 is 5.97 Å². The van der Waals surface area contributed by atoms with E-state index < -0.39 is 5.97 Å². The van der Waals surface area contributed by atoms with E-state index in [1.54, 1.807) is 37.1 Å². The van der Waals surface area contributed by atoms with E-state index in [1.165, 1.54) is 0 Å². The van der Waals surface area contributed by atoms with Gasteiger partial charge in [-0.05, 0) is 45.4 Å². The second-order valence-corrected chi connectivity index (χ2v) is 5.36. The third-order valence-electron chi connectivity index (χ3n) is 2.94. The summed E-state index contributed by atoms with van der Waals surface area (Å²) in [5, 5.41) is 0. The Balaban J connectivity index is 3.16. The van der Waals surface area contributed by atoms with E-state index in [0.717, 1.165) is 6.42 Å². The molecule has 122 valence electrons. The predicted octanol–water partition coefficient (Wildman–Crippen LogP) is 3.13. The number of benzene rings is 1. The van der Waals surface area contributed by atoms with Crippen molar-refractivity contribution in [1.29, 1.82) is 0 Å². The van der Waals surface area contributed by atoms with Crippen molar-refractivity contribution in [1.82, 2.24) is 4.90 Å². The lowest BCUT2D eigenvalue weighted by Gasteiger charge is -2.18. The van der Waals surface area contributed by atoms with Crippen LogP contribution in [0.5, 0.6) is 5.75 Å². The van der Waals surface area contributed by atoms with Gasteiger partial charge in [0.15, 0.2) is 0 Å². The van der Waals surface area contributed by atoms with Crippen molar-refractivity contribution in [2.75, 3.05) is 20.2 Å². The molecule has 0 aromatic heterocycles. The number of carbonyl (C=O) groups is 2. The molecule has 0 aliphatic rings. The van der Waals surface area contributed by atoms with E-state index in [0.29, 0.717) is 23.4 Å². The third kappa shape index (κ3) is 5.06. The highest BCUT2D eigenvalue weighted by Gasteiger charge is 2.17. The Bertz CT molecular complexity index is 525. The van der Waals surface area contributed by atoms with Crippen LogP contribution >= 0.6 is 0 Å². The number of rotatable bonds is 7. The molecule has 0 saturated carbocycles. The van der Waals surface area contributed by atoms with Gasteiger partial charge in [0.2, 0.25) is 0 Å². The van der Waals surface area contributed by atoms with E-state index in [2.05, 4.69) is 0 Å². The van der Waals surface area contributed by atoms with E-state index in [1.807, 2.05) is 20.8 Å². The summed E-state index contributed by atoms with van der Waals surface area (Å²) in [4.78, 5) is 26.0. The molecule has 0 unspecified atom stereocenters. The molecule has 0 aliphatic carbocycles. The zero-order valence-electron chi connectivity index (χ0n) is 14.0. The molecule has 0 bridgehead atoms. The fourth-order valence-electron chi connectivity index (χ4n) is 2.05. The Hall–Kier alpha value is -2.04. The topological polar surface area (TPSA) is 55.8 Å². The van der Waals surface area contributed by atoms with Crippen LogP contribution in [0.1, 0.15) is 54.8 Å². The Morgan fingerprint density at radius 2 is 1.77 bits per heavy atom. The first-order chi connectivity index (χ1) is 10.4.